The summed E-state index contributed by atoms with van der Waals surface area (Å²) >= 11 is 0. The van der Waals surface area contributed by atoms with E-state index in [9.17, 15) is 4.79 Å². The minimum atomic E-state index is -0.113. The molecule has 0 aliphatic heterocycles. The second kappa shape index (κ2) is 9.37. The number of nitrogens with zero attached hydrogens (tertiary/aromatic N) is 3. The predicted octanol–water partition coefficient (Wildman–Crippen LogP) is 4.41. The van der Waals surface area contributed by atoms with E-state index in [2.05, 4.69) is 15.4 Å². The van der Waals surface area contributed by atoms with Gasteiger partial charge in [-0.1, -0.05) is 31.4 Å². The maximum absolute atomic E-state index is 12.5. The summed E-state index contributed by atoms with van der Waals surface area (Å²) in [6.07, 6.45) is 11.9. The topological polar surface area (TPSA) is 69.0 Å². The van der Waals surface area contributed by atoms with Crippen molar-refractivity contribution in [3.05, 3.63) is 66.6 Å². The zero-order chi connectivity index (χ0) is 19.9. The van der Waals surface area contributed by atoms with Crippen LogP contribution in [0.15, 0.2) is 61.1 Å². The third kappa shape index (κ3) is 5.22. The lowest BCUT2D eigenvalue weighted by Crippen LogP contribution is -2.18. The first-order valence-corrected chi connectivity index (χ1v) is 10.2. The first-order valence-electron chi connectivity index (χ1n) is 10.2. The van der Waals surface area contributed by atoms with Crippen LogP contribution in [-0.4, -0.2) is 27.3 Å². The molecule has 1 aliphatic rings. The molecule has 1 fully saturated rings. The van der Waals surface area contributed by atoms with Crippen LogP contribution < -0.4 is 10.1 Å². The molecule has 1 amide bonds. The zero-order valence-corrected chi connectivity index (χ0v) is 16.5. The lowest BCUT2D eigenvalue weighted by molar-refractivity contribution is -0.115. The van der Waals surface area contributed by atoms with Gasteiger partial charge in [-0.3, -0.25) is 4.79 Å². The number of nitrogens with one attached hydrogen (secondary N) is 1. The van der Waals surface area contributed by atoms with E-state index in [0.717, 1.165) is 11.3 Å². The molecule has 1 N–H and O–H groups in total. The number of rotatable bonds is 7. The van der Waals surface area contributed by atoms with Gasteiger partial charge >= 0.3 is 0 Å². The number of aromatic nitrogens is 3. The van der Waals surface area contributed by atoms with Crippen molar-refractivity contribution in [2.45, 2.75) is 38.5 Å². The van der Waals surface area contributed by atoms with Gasteiger partial charge in [0.15, 0.2) is 11.6 Å². The van der Waals surface area contributed by atoms with Crippen molar-refractivity contribution in [1.29, 1.82) is 0 Å². The Labute approximate surface area is 170 Å². The molecule has 2 aromatic heterocycles. The fraction of sp³-hybridized carbons (Fsp3) is 0.348. The fourth-order valence-electron chi connectivity index (χ4n) is 3.71. The van der Waals surface area contributed by atoms with Gasteiger partial charge in [-0.2, -0.15) is 5.10 Å². The number of anilines is 1. The van der Waals surface area contributed by atoms with Gasteiger partial charge in [0.25, 0.3) is 0 Å². The van der Waals surface area contributed by atoms with E-state index in [1.54, 1.807) is 17.1 Å². The number of carbonyl (C=O) groups is 1. The Morgan fingerprint density at radius 1 is 1.07 bits per heavy atom. The van der Waals surface area contributed by atoms with Crippen LogP contribution in [0.3, 0.4) is 0 Å². The smallest absolute Gasteiger partial charge is 0.230 e. The number of carbonyl (C=O) groups excluding carboxylic acids is 1. The minimum absolute atomic E-state index is 0.113. The number of benzene rings is 1. The number of ether oxygens (including phenoxy) is 1. The minimum Gasteiger partial charge on any atom is -0.489 e. The molecule has 1 aliphatic carbocycles. The molecule has 1 aromatic carbocycles. The molecule has 0 saturated heterocycles. The normalized spacial score (nSPS) is 14.5. The summed E-state index contributed by atoms with van der Waals surface area (Å²) in [6.45, 7) is 0.684. The molecular formula is C23H26N4O2. The Kier molecular flexibility index (Phi) is 6.19. The number of pyridine rings is 1. The molecule has 2 heterocycles. The van der Waals surface area contributed by atoms with Gasteiger partial charge in [0, 0.05) is 18.6 Å². The average molecular weight is 390 g/mol. The molecule has 0 atom stereocenters. The number of amides is 1. The van der Waals surface area contributed by atoms with Crippen LogP contribution in [-0.2, 0) is 11.2 Å². The van der Waals surface area contributed by atoms with Crippen molar-refractivity contribution >= 4 is 11.7 Å². The van der Waals surface area contributed by atoms with Gasteiger partial charge in [-0.15, -0.1) is 0 Å². The van der Waals surface area contributed by atoms with E-state index in [0.29, 0.717) is 24.1 Å². The summed E-state index contributed by atoms with van der Waals surface area (Å²) in [5.74, 6) is 1.61. The summed E-state index contributed by atoms with van der Waals surface area (Å²) in [4.78, 5) is 16.8. The van der Waals surface area contributed by atoms with Crippen molar-refractivity contribution in [3.8, 4) is 11.4 Å². The highest BCUT2D eigenvalue weighted by Crippen LogP contribution is 2.27. The van der Waals surface area contributed by atoms with Gasteiger partial charge in [0.1, 0.15) is 0 Å². The maximum atomic E-state index is 12.5. The fourth-order valence-corrected chi connectivity index (χ4v) is 3.71. The monoisotopic (exact) mass is 390 g/mol. The second-order valence-electron chi connectivity index (χ2n) is 7.51. The van der Waals surface area contributed by atoms with Crippen molar-refractivity contribution in [3.63, 3.8) is 0 Å². The van der Waals surface area contributed by atoms with Gasteiger partial charge in [0.05, 0.1) is 18.7 Å². The molecule has 0 unspecified atom stereocenters. The molecule has 150 valence electrons. The Morgan fingerprint density at radius 3 is 2.66 bits per heavy atom. The van der Waals surface area contributed by atoms with Crippen LogP contribution in [0.5, 0.6) is 5.75 Å². The van der Waals surface area contributed by atoms with Crippen molar-refractivity contribution in [2.75, 3.05) is 11.9 Å². The van der Waals surface area contributed by atoms with Crippen molar-refractivity contribution in [1.82, 2.24) is 14.8 Å². The molecular weight excluding hydrogens is 364 g/mol. The molecule has 4 rings (SSSR count). The van der Waals surface area contributed by atoms with Crippen LogP contribution >= 0.6 is 0 Å². The van der Waals surface area contributed by atoms with E-state index < -0.39 is 0 Å². The van der Waals surface area contributed by atoms with Crippen LogP contribution in [0.4, 0.5) is 5.82 Å². The van der Waals surface area contributed by atoms with Crippen molar-refractivity contribution in [2.24, 2.45) is 5.92 Å². The Hall–Kier alpha value is -3.15. The second-order valence-corrected chi connectivity index (χ2v) is 7.51. The molecule has 29 heavy (non-hydrogen) atoms. The lowest BCUT2D eigenvalue weighted by Gasteiger charge is -2.22. The number of hydrogen-bond donors (Lipinski definition) is 1. The van der Waals surface area contributed by atoms with Crippen LogP contribution in [0.2, 0.25) is 0 Å². The van der Waals surface area contributed by atoms with Crippen LogP contribution in [0.25, 0.3) is 5.69 Å². The third-order valence-electron chi connectivity index (χ3n) is 5.30. The summed E-state index contributed by atoms with van der Waals surface area (Å²) in [7, 11) is 0. The quantitative estimate of drug-likeness (QED) is 0.649. The molecule has 6 nitrogen and oxygen atoms in total. The highest BCUT2D eigenvalue weighted by molar-refractivity contribution is 5.92. The SMILES string of the molecule is O=C(Cc1ccc(-n2cccn2)cc1)Nc1ncccc1OCC1CCCCC1. The van der Waals surface area contributed by atoms with Crippen LogP contribution in [0.1, 0.15) is 37.7 Å². The van der Waals surface area contributed by atoms with Gasteiger partial charge < -0.3 is 10.1 Å². The molecule has 1 saturated carbocycles. The van der Waals surface area contributed by atoms with E-state index in [-0.39, 0.29) is 12.3 Å². The average Bonchev–Trinajstić information content (AvgIpc) is 3.29. The van der Waals surface area contributed by atoms with E-state index >= 15 is 0 Å². The van der Waals surface area contributed by atoms with Gasteiger partial charge in [-0.25, -0.2) is 9.67 Å². The first-order chi connectivity index (χ1) is 14.3. The molecule has 6 heteroatoms. The van der Waals surface area contributed by atoms with Gasteiger partial charge in [0.2, 0.25) is 5.91 Å². The summed E-state index contributed by atoms with van der Waals surface area (Å²) < 4.78 is 7.78. The zero-order valence-electron chi connectivity index (χ0n) is 16.5. The Bertz CT molecular complexity index is 916. The molecule has 3 aromatic rings. The van der Waals surface area contributed by atoms with E-state index in [1.807, 2.05) is 48.7 Å². The van der Waals surface area contributed by atoms with Crippen LogP contribution in [0, 0.1) is 5.92 Å². The molecule has 0 radical (unpaired) electrons. The lowest BCUT2D eigenvalue weighted by atomic mass is 9.90. The Balaban J connectivity index is 1.34. The third-order valence-corrected chi connectivity index (χ3v) is 5.30. The van der Waals surface area contributed by atoms with Crippen molar-refractivity contribution < 1.29 is 9.53 Å². The van der Waals surface area contributed by atoms with E-state index in [4.69, 9.17) is 4.74 Å². The standard InChI is InChI=1S/C23H26N4O2/c28-22(16-18-9-11-20(12-10-18)27-15-5-14-25-27)26-23-21(8-4-13-24-23)29-17-19-6-2-1-3-7-19/h4-5,8-15,19H,1-3,6-7,16-17H2,(H,24,26,28). The van der Waals surface area contributed by atoms with E-state index in [1.165, 1.54) is 32.1 Å². The molecule has 0 spiro atoms. The largest absolute Gasteiger partial charge is 0.489 e. The predicted molar refractivity (Wildman–Crippen MR) is 112 cm³/mol. The molecule has 0 bridgehead atoms. The number of hydrogen-bond acceptors (Lipinski definition) is 4. The van der Waals surface area contributed by atoms with Gasteiger partial charge in [-0.05, 0) is 54.7 Å². The highest BCUT2D eigenvalue weighted by atomic mass is 16.5. The summed E-state index contributed by atoms with van der Waals surface area (Å²) in [6, 6.07) is 13.4. The summed E-state index contributed by atoms with van der Waals surface area (Å²) in [5, 5.41) is 7.11. The first kappa shape index (κ1) is 19.2. The summed E-state index contributed by atoms with van der Waals surface area (Å²) in [5.41, 5.74) is 1.89. The maximum Gasteiger partial charge on any atom is 0.230 e. The highest BCUT2D eigenvalue weighted by Gasteiger charge is 2.16. The Morgan fingerprint density at radius 2 is 1.90 bits per heavy atom.